The predicted octanol–water partition coefficient (Wildman–Crippen LogP) is 5.86. The lowest BCUT2D eigenvalue weighted by atomic mass is 9.79. The lowest BCUT2D eigenvalue weighted by Gasteiger charge is -2.31. The molecular weight excluding hydrogens is 451 g/mol. The standard InChI is InChI=1S/C16H14Br3F/c17-10-16(11-18,13-3-5-14(19)6-4-13)9-12-1-7-15(20)8-2-12/h1-8H,9-11H2. The fourth-order valence-corrected chi connectivity index (χ4v) is 4.42. The summed E-state index contributed by atoms with van der Waals surface area (Å²) in [6.45, 7) is 0. The van der Waals surface area contributed by atoms with Gasteiger partial charge in [0.25, 0.3) is 0 Å². The van der Waals surface area contributed by atoms with Gasteiger partial charge in [0.2, 0.25) is 0 Å². The van der Waals surface area contributed by atoms with Gasteiger partial charge in [-0.25, -0.2) is 4.39 Å². The van der Waals surface area contributed by atoms with Crippen LogP contribution in [-0.2, 0) is 11.8 Å². The summed E-state index contributed by atoms with van der Waals surface area (Å²) in [7, 11) is 0. The number of alkyl halides is 2. The van der Waals surface area contributed by atoms with E-state index in [4.69, 9.17) is 0 Å². The first-order valence-electron chi connectivity index (χ1n) is 6.22. The molecule has 0 atom stereocenters. The van der Waals surface area contributed by atoms with Gasteiger partial charge in [-0.15, -0.1) is 0 Å². The zero-order valence-electron chi connectivity index (χ0n) is 10.8. The summed E-state index contributed by atoms with van der Waals surface area (Å²) in [6.07, 6.45) is 0.853. The van der Waals surface area contributed by atoms with Crippen LogP contribution in [0.4, 0.5) is 4.39 Å². The van der Waals surface area contributed by atoms with Gasteiger partial charge in [0.1, 0.15) is 5.82 Å². The van der Waals surface area contributed by atoms with E-state index in [-0.39, 0.29) is 11.2 Å². The molecule has 0 aromatic heterocycles. The molecule has 0 saturated carbocycles. The Morgan fingerprint density at radius 1 is 0.850 bits per heavy atom. The highest BCUT2D eigenvalue weighted by molar-refractivity contribution is 9.10. The van der Waals surface area contributed by atoms with Crippen LogP contribution < -0.4 is 0 Å². The molecule has 0 saturated heterocycles. The van der Waals surface area contributed by atoms with Gasteiger partial charge in [0.15, 0.2) is 0 Å². The third-order valence-corrected chi connectivity index (χ3v) is 6.10. The molecular formula is C16H14Br3F. The van der Waals surface area contributed by atoms with E-state index in [9.17, 15) is 4.39 Å². The highest BCUT2D eigenvalue weighted by Gasteiger charge is 2.30. The molecule has 2 rings (SSSR count). The number of hydrogen-bond donors (Lipinski definition) is 0. The minimum absolute atomic E-state index is 0.0431. The molecule has 0 radical (unpaired) electrons. The monoisotopic (exact) mass is 462 g/mol. The molecule has 0 amide bonds. The van der Waals surface area contributed by atoms with Gasteiger partial charge in [-0.1, -0.05) is 72.1 Å². The van der Waals surface area contributed by atoms with Gasteiger partial charge in [0, 0.05) is 20.5 Å². The molecule has 0 bridgehead atoms. The smallest absolute Gasteiger partial charge is 0.123 e. The Balaban J connectivity index is 2.33. The highest BCUT2D eigenvalue weighted by atomic mass is 79.9. The molecule has 0 aliphatic carbocycles. The van der Waals surface area contributed by atoms with Gasteiger partial charge < -0.3 is 0 Å². The summed E-state index contributed by atoms with van der Waals surface area (Å²) < 4.78 is 14.1. The maximum Gasteiger partial charge on any atom is 0.123 e. The van der Waals surface area contributed by atoms with Gasteiger partial charge >= 0.3 is 0 Å². The van der Waals surface area contributed by atoms with Crippen LogP contribution in [0.1, 0.15) is 11.1 Å². The Morgan fingerprint density at radius 3 is 1.90 bits per heavy atom. The lowest BCUT2D eigenvalue weighted by molar-refractivity contribution is 0.549. The van der Waals surface area contributed by atoms with E-state index in [2.05, 4.69) is 72.1 Å². The largest absolute Gasteiger partial charge is 0.207 e. The van der Waals surface area contributed by atoms with Gasteiger partial charge in [-0.05, 0) is 41.8 Å². The third-order valence-electron chi connectivity index (χ3n) is 3.42. The summed E-state index contributed by atoms with van der Waals surface area (Å²) in [6, 6.07) is 15.1. The van der Waals surface area contributed by atoms with Crippen molar-refractivity contribution in [2.24, 2.45) is 0 Å². The van der Waals surface area contributed by atoms with Crippen molar-refractivity contribution in [2.75, 3.05) is 10.7 Å². The molecule has 0 fully saturated rings. The number of halogens is 4. The first-order valence-corrected chi connectivity index (χ1v) is 9.26. The van der Waals surface area contributed by atoms with Crippen molar-refractivity contribution in [1.29, 1.82) is 0 Å². The van der Waals surface area contributed by atoms with Crippen LogP contribution in [0.15, 0.2) is 53.0 Å². The molecule has 4 heteroatoms. The third kappa shape index (κ3) is 3.71. The molecule has 0 aliphatic heterocycles. The van der Waals surface area contributed by atoms with Crippen LogP contribution in [0.5, 0.6) is 0 Å². The number of hydrogen-bond acceptors (Lipinski definition) is 0. The Morgan fingerprint density at radius 2 is 1.40 bits per heavy atom. The second kappa shape index (κ2) is 7.19. The molecule has 0 unspecified atom stereocenters. The van der Waals surface area contributed by atoms with E-state index in [0.29, 0.717) is 0 Å². The van der Waals surface area contributed by atoms with Crippen molar-refractivity contribution < 1.29 is 4.39 Å². The Bertz CT molecular complexity index is 545. The maximum atomic E-state index is 13.0. The van der Waals surface area contributed by atoms with E-state index in [1.165, 1.54) is 17.7 Å². The van der Waals surface area contributed by atoms with Crippen LogP contribution in [0, 0.1) is 5.82 Å². The van der Waals surface area contributed by atoms with Gasteiger partial charge in [-0.2, -0.15) is 0 Å². The van der Waals surface area contributed by atoms with E-state index in [1.54, 1.807) is 0 Å². The second-order valence-corrected chi connectivity index (χ2v) is 6.89. The minimum atomic E-state index is -0.194. The molecule has 0 aliphatic rings. The van der Waals surface area contributed by atoms with E-state index in [1.807, 2.05) is 12.1 Å². The summed E-state index contributed by atoms with van der Waals surface area (Å²) in [5.74, 6) is -0.194. The molecule has 0 nitrogen and oxygen atoms in total. The van der Waals surface area contributed by atoms with Crippen LogP contribution in [0.2, 0.25) is 0 Å². The first kappa shape index (κ1) is 16.2. The maximum absolute atomic E-state index is 13.0. The molecule has 106 valence electrons. The fourth-order valence-electron chi connectivity index (χ4n) is 2.18. The zero-order chi connectivity index (χ0) is 14.6. The number of rotatable bonds is 5. The van der Waals surface area contributed by atoms with Crippen molar-refractivity contribution in [3.63, 3.8) is 0 Å². The molecule has 0 N–H and O–H groups in total. The minimum Gasteiger partial charge on any atom is -0.207 e. The quantitative estimate of drug-likeness (QED) is 0.486. The van der Waals surface area contributed by atoms with Crippen LogP contribution in [0.25, 0.3) is 0 Å². The molecule has 20 heavy (non-hydrogen) atoms. The van der Waals surface area contributed by atoms with E-state index in [0.717, 1.165) is 27.1 Å². The van der Waals surface area contributed by atoms with Crippen molar-refractivity contribution in [3.8, 4) is 0 Å². The average molecular weight is 465 g/mol. The SMILES string of the molecule is Fc1ccc(CC(CBr)(CBr)c2ccc(Br)cc2)cc1. The van der Waals surface area contributed by atoms with Crippen LogP contribution in [0.3, 0.4) is 0 Å². The second-order valence-electron chi connectivity index (χ2n) is 4.86. The van der Waals surface area contributed by atoms with Crippen LogP contribution >= 0.6 is 47.8 Å². The molecule has 2 aromatic rings. The summed E-state index contributed by atoms with van der Waals surface area (Å²) in [4.78, 5) is 0. The molecule has 0 heterocycles. The van der Waals surface area contributed by atoms with E-state index >= 15 is 0 Å². The number of benzene rings is 2. The Labute approximate surface area is 144 Å². The Hall–Kier alpha value is -0.190. The zero-order valence-corrected chi connectivity index (χ0v) is 15.5. The Kier molecular flexibility index (Phi) is 5.82. The molecule has 0 spiro atoms. The van der Waals surface area contributed by atoms with Crippen molar-refractivity contribution in [1.82, 2.24) is 0 Å². The van der Waals surface area contributed by atoms with Crippen LogP contribution in [-0.4, -0.2) is 10.7 Å². The fraction of sp³-hybridized carbons (Fsp3) is 0.250. The van der Waals surface area contributed by atoms with Gasteiger partial charge in [-0.3, -0.25) is 0 Å². The summed E-state index contributed by atoms with van der Waals surface area (Å²) in [5, 5.41) is 1.68. The molecule has 2 aromatic carbocycles. The van der Waals surface area contributed by atoms with Crippen molar-refractivity contribution in [2.45, 2.75) is 11.8 Å². The van der Waals surface area contributed by atoms with Crippen molar-refractivity contribution >= 4 is 47.8 Å². The lowest BCUT2D eigenvalue weighted by Crippen LogP contribution is -2.32. The van der Waals surface area contributed by atoms with E-state index < -0.39 is 0 Å². The van der Waals surface area contributed by atoms with Gasteiger partial charge in [0.05, 0.1) is 0 Å². The normalized spacial score (nSPS) is 11.6. The first-order chi connectivity index (χ1) is 9.59. The summed E-state index contributed by atoms with van der Waals surface area (Å²) >= 11 is 10.8. The predicted molar refractivity (Wildman–Crippen MR) is 93.5 cm³/mol. The van der Waals surface area contributed by atoms with Crippen molar-refractivity contribution in [3.05, 3.63) is 69.9 Å². The topological polar surface area (TPSA) is 0 Å². The highest BCUT2D eigenvalue weighted by Crippen LogP contribution is 2.33. The summed E-state index contributed by atoms with van der Waals surface area (Å²) in [5.41, 5.74) is 2.35. The average Bonchev–Trinajstić information content (AvgIpc) is 2.48.